The fourth-order valence-electron chi connectivity index (χ4n) is 3.99. The second kappa shape index (κ2) is 10.1. The van der Waals surface area contributed by atoms with Gasteiger partial charge in [-0.05, 0) is 24.3 Å². The lowest BCUT2D eigenvalue weighted by Gasteiger charge is -2.37. The van der Waals surface area contributed by atoms with Crippen LogP contribution in [0, 0.1) is 12.3 Å². The summed E-state index contributed by atoms with van der Waals surface area (Å²) in [6.07, 6.45) is 6.31. The molecule has 1 N–H and O–H groups in total. The molecule has 2 aromatic carbocycles. The van der Waals surface area contributed by atoms with E-state index in [2.05, 4.69) is 32.8 Å². The van der Waals surface area contributed by atoms with Crippen LogP contribution in [0.2, 0.25) is 0 Å². The van der Waals surface area contributed by atoms with Gasteiger partial charge in [0.25, 0.3) is 0 Å². The van der Waals surface area contributed by atoms with Gasteiger partial charge in [0.15, 0.2) is 0 Å². The highest BCUT2D eigenvalue weighted by Crippen LogP contribution is 2.31. The minimum atomic E-state index is -0.740. The van der Waals surface area contributed by atoms with Crippen molar-refractivity contribution in [3.63, 3.8) is 0 Å². The zero-order valence-corrected chi connectivity index (χ0v) is 17.5. The van der Waals surface area contributed by atoms with Gasteiger partial charge < -0.3 is 14.7 Å². The topological polar surface area (TPSA) is 48.8 Å². The molecule has 1 atom stereocenters. The van der Waals surface area contributed by atoms with E-state index in [0.29, 0.717) is 5.69 Å². The van der Waals surface area contributed by atoms with E-state index in [1.54, 1.807) is 6.20 Å². The fraction of sp³-hybridized carbons (Fsp3) is 0.269. The number of hydrogen-bond acceptors (Lipinski definition) is 5. The monoisotopic (exact) mass is 413 g/mol. The number of hydrogen-bond donors (Lipinski definition) is 1. The van der Waals surface area contributed by atoms with Crippen LogP contribution in [0.15, 0.2) is 72.9 Å². The summed E-state index contributed by atoms with van der Waals surface area (Å²) in [5.41, 5.74) is 3.77. The molecule has 1 unspecified atom stereocenters. The van der Waals surface area contributed by atoms with Crippen LogP contribution in [0.3, 0.4) is 0 Å². The minimum absolute atomic E-state index is 0.278. The maximum absolute atomic E-state index is 10.9. The first-order valence-corrected chi connectivity index (χ1v) is 10.6. The highest BCUT2D eigenvalue weighted by Gasteiger charge is 2.23. The van der Waals surface area contributed by atoms with Crippen molar-refractivity contribution in [1.82, 2.24) is 9.88 Å². The van der Waals surface area contributed by atoms with Gasteiger partial charge in [-0.25, -0.2) is 0 Å². The largest absolute Gasteiger partial charge is 0.481 e. The van der Waals surface area contributed by atoms with E-state index in [1.165, 1.54) is 0 Å². The summed E-state index contributed by atoms with van der Waals surface area (Å²) in [5, 5.41) is 10.9. The van der Waals surface area contributed by atoms with Crippen LogP contribution in [-0.4, -0.2) is 47.8 Å². The molecule has 2 heterocycles. The lowest BCUT2D eigenvalue weighted by atomic mass is 10.0. The molecule has 0 bridgehead atoms. The zero-order valence-electron chi connectivity index (χ0n) is 17.5. The molecule has 1 aromatic heterocycles. The molecule has 0 saturated carbocycles. The number of para-hydroxylation sites is 2. The van der Waals surface area contributed by atoms with Crippen LogP contribution in [0.1, 0.15) is 22.9 Å². The Bertz CT molecular complexity index is 1020. The van der Waals surface area contributed by atoms with Gasteiger partial charge in [0.05, 0.1) is 5.69 Å². The highest BCUT2D eigenvalue weighted by atomic mass is 16.5. The number of anilines is 1. The van der Waals surface area contributed by atoms with Crippen LogP contribution in [0.4, 0.5) is 5.69 Å². The molecule has 0 amide bonds. The maximum Gasteiger partial charge on any atom is 0.148 e. The Hall–Kier alpha value is -3.33. The zero-order chi connectivity index (χ0) is 21.5. The number of nitrogens with zero attached hydrogens (tertiary/aromatic N) is 3. The molecular formula is C26H27N3O2. The van der Waals surface area contributed by atoms with E-state index in [0.717, 1.165) is 55.3 Å². The number of benzene rings is 2. The Balaban J connectivity index is 1.43. The van der Waals surface area contributed by atoms with Crippen molar-refractivity contribution in [2.45, 2.75) is 12.6 Å². The Morgan fingerprint density at radius 3 is 2.48 bits per heavy atom. The van der Waals surface area contributed by atoms with Gasteiger partial charge in [0, 0.05) is 55.7 Å². The van der Waals surface area contributed by atoms with Crippen molar-refractivity contribution >= 4 is 5.69 Å². The van der Waals surface area contributed by atoms with Gasteiger partial charge in [-0.1, -0.05) is 48.4 Å². The molecule has 5 heteroatoms. The number of ether oxygens (including phenoxy) is 1. The van der Waals surface area contributed by atoms with Gasteiger partial charge in [0.2, 0.25) is 0 Å². The number of aliphatic hydroxyl groups excluding tert-OH is 1. The van der Waals surface area contributed by atoms with Gasteiger partial charge in [0.1, 0.15) is 18.5 Å². The predicted octanol–water partition coefficient (Wildman–Crippen LogP) is 3.50. The second-order valence-electron chi connectivity index (χ2n) is 7.58. The van der Waals surface area contributed by atoms with Crippen molar-refractivity contribution in [1.29, 1.82) is 0 Å². The summed E-state index contributed by atoms with van der Waals surface area (Å²) in [7, 11) is 0. The first kappa shape index (κ1) is 20.9. The Morgan fingerprint density at radius 1 is 0.968 bits per heavy atom. The van der Waals surface area contributed by atoms with E-state index in [1.807, 2.05) is 54.6 Å². The van der Waals surface area contributed by atoms with Gasteiger partial charge in [-0.2, -0.15) is 0 Å². The summed E-state index contributed by atoms with van der Waals surface area (Å²) < 4.78 is 5.70. The normalized spacial score (nSPS) is 15.3. The Morgan fingerprint density at radius 2 is 1.71 bits per heavy atom. The third-order valence-corrected chi connectivity index (χ3v) is 5.59. The number of pyridine rings is 1. The fourth-order valence-corrected chi connectivity index (χ4v) is 3.99. The Labute approximate surface area is 183 Å². The minimum Gasteiger partial charge on any atom is -0.481 e. The molecule has 4 rings (SSSR count). The van der Waals surface area contributed by atoms with Gasteiger partial charge in [-0.15, -0.1) is 6.42 Å². The van der Waals surface area contributed by atoms with E-state index < -0.39 is 6.10 Å². The molecule has 1 fully saturated rings. The molecular weight excluding hydrogens is 386 g/mol. The molecule has 0 radical (unpaired) electrons. The lowest BCUT2D eigenvalue weighted by molar-refractivity contribution is 0.214. The van der Waals surface area contributed by atoms with Gasteiger partial charge >= 0.3 is 0 Å². The van der Waals surface area contributed by atoms with Crippen LogP contribution in [0.25, 0.3) is 0 Å². The van der Waals surface area contributed by atoms with Crippen LogP contribution in [-0.2, 0) is 6.54 Å². The molecule has 158 valence electrons. The van der Waals surface area contributed by atoms with E-state index >= 15 is 0 Å². The molecule has 0 aliphatic carbocycles. The van der Waals surface area contributed by atoms with E-state index in [-0.39, 0.29) is 6.61 Å². The van der Waals surface area contributed by atoms with Crippen LogP contribution < -0.4 is 9.64 Å². The molecule has 1 aliphatic heterocycles. The third kappa shape index (κ3) is 5.05. The summed E-state index contributed by atoms with van der Waals surface area (Å²) in [6.45, 7) is 4.74. The average molecular weight is 414 g/mol. The van der Waals surface area contributed by atoms with E-state index in [9.17, 15) is 5.11 Å². The molecule has 1 aliphatic rings. The van der Waals surface area contributed by atoms with Crippen molar-refractivity contribution < 1.29 is 9.84 Å². The number of terminal acetylenes is 1. The quantitative estimate of drug-likeness (QED) is 0.601. The van der Waals surface area contributed by atoms with Crippen LogP contribution in [0.5, 0.6) is 5.75 Å². The number of aromatic nitrogens is 1. The Kier molecular flexibility index (Phi) is 6.83. The first-order chi connectivity index (χ1) is 15.3. The molecule has 31 heavy (non-hydrogen) atoms. The summed E-state index contributed by atoms with van der Waals surface area (Å²) in [4.78, 5) is 9.10. The SMILES string of the molecule is C#CCOc1ccccc1CN1CCN(c2ccccc2C(O)c2ccccn2)CC1. The highest BCUT2D eigenvalue weighted by molar-refractivity contribution is 5.56. The molecule has 0 spiro atoms. The smallest absolute Gasteiger partial charge is 0.148 e. The number of rotatable bonds is 7. The molecule has 3 aromatic rings. The van der Waals surface area contributed by atoms with Crippen molar-refractivity contribution in [2.75, 3.05) is 37.7 Å². The summed E-state index contributed by atoms with van der Waals surface area (Å²) in [6, 6.07) is 21.7. The van der Waals surface area contributed by atoms with Crippen molar-refractivity contribution in [3.05, 3.63) is 89.7 Å². The summed E-state index contributed by atoms with van der Waals surface area (Å²) in [5.74, 6) is 3.38. The number of piperazine rings is 1. The average Bonchev–Trinajstić information content (AvgIpc) is 2.84. The van der Waals surface area contributed by atoms with Crippen molar-refractivity contribution in [2.24, 2.45) is 0 Å². The third-order valence-electron chi connectivity index (χ3n) is 5.59. The van der Waals surface area contributed by atoms with Crippen LogP contribution >= 0.6 is 0 Å². The lowest BCUT2D eigenvalue weighted by Crippen LogP contribution is -2.46. The second-order valence-corrected chi connectivity index (χ2v) is 7.58. The predicted molar refractivity (Wildman–Crippen MR) is 123 cm³/mol. The molecule has 1 saturated heterocycles. The first-order valence-electron chi connectivity index (χ1n) is 10.6. The van der Waals surface area contributed by atoms with Crippen molar-refractivity contribution in [3.8, 4) is 18.1 Å². The summed E-state index contributed by atoms with van der Waals surface area (Å²) >= 11 is 0. The number of aliphatic hydroxyl groups is 1. The van der Waals surface area contributed by atoms with Gasteiger partial charge in [-0.3, -0.25) is 9.88 Å². The van der Waals surface area contributed by atoms with E-state index in [4.69, 9.17) is 11.2 Å². The molecule has 5 nitrogen and oxygen atoms in total. The standard InChI is InChI=1S/C26H27N3O2/c1-2-19-31-25-13-6-3-9-21(25)20-28-15-17-29(18-16-28)24-12-5-4-10-22(24)26(30)23-11-7-8-14-27-23/h1,3-14,26,30H,15-20H2. The maximum atomic E-state index is 10.9.